The zero-order valence-electron chi connectivity index (χ0n) is 8.93. The monoisotopic (exact) mass is 236 g/mol. The average Bonchev–Trinajstić information content (AvgIpc) is 3.00. The second-order valence-electron chi connectivity index (χ2n) is 4.15. The molecular weight excluding hydrogens is 224 g/mol. The second-order valence-corrected chi connectivity index (χ2v) is 4.15. The number of carboxylic acids is 1. The summed E-state index contributed by atoms with van der Waals surface area (Å²) in [5, 5.41) is 20.6. The zero-order chi connectivity index (χ0) is 12.6. The van der Waals surface area contributed by atoms with E-state index in [1.54, 1.807) is 0 Å². The van der Waals surface area contributed by atoms with E-state index in [4.69, 9.17) is 10.8 Å². The van der Waals surface area contributed by atoms with Gasteiger partial charge in [-0.05, 0) is 31.0 Å². The molecule has 1 aromatic rings. The van der Waals surface area contributed by atoms with Crippen molar-refractivity contribution < 1.29 is 19.8 Å². The first-order valence-electron chi connectivity index (χ1n) is 5.09. The number of aromatic carboxylic acids is 1. The molecule has 0 bridgehead atoms. The Bertz CT molecular complexity index is 494. The highest BCUT2D eigenvalue weighted by atomic mass is 16.4. The number of amides is 1. The smallest absolute Gasteiger partial charge is 0.339 e. The van der Waals surface area contributed by atoms with E-state index in [0.717, 1.165) is 0 Å². The van der Waals surface area contributed by atoms with Crippen LogP contribution >= 0.6 is 0 Å². The van der Waals surface area contributed by atoms with Crippen molar-refractivity contribution in [1.82, 2.24) is 0 Å². The van der Waals surface area contributed by atoms with Gasteiger partial charge in [0, 0.05) is 5.69 Å². The van der Waals surface area contributed by atoms with Crippen LogP contribution in [-0.4, -0.2) is 27.6 Å². The van der Waals surface area contributed by atoms with Gasteiger partial charge in [-0.15, -0.1) is 0 Å². The van der Waals surface area contributed by atoms with Crippen LogP contribution in [0.5, 0.6) is 5.75 Å². The van der Waals surface area contributed by atoms with Gasteiger partial charge in [-0.3, -0.25) is 4.79 Å². The van der Waals surface area contributed by atoms with Gasteiger partial charge < -0.3 is 21.3 Å². The predicted octanol–water partition coefficient (Wildman–Crippen LogP) is 0.520. The number of anilines is 1. The Balaban J connectivity index is 2.19. The minimum atomic E-state index is -1.26. The van der Waals surface area contributed by atoms with E-state index in [0.29, 0.717) is 18.5 Å². The third-order valence-corrected chi connectivity index (χ3v) is 2.73. The summed E-state index contributed by atoms with van der Waals surface area (Å²) < 4.78 is 0. The van der Waals surface area contributed by atoms with Gasteiger partial charge in [0.2, 0.25) is 5.91 Å². The van der Waals surface area contributed by atoms with Crippen LogP contribution in [0.4, 0.5) is 5.69 Å². The Labute approximate surface area is 97.1 Å². The number of aromatic hydroxyl groups is 1. The highest BCUT2D eigenvalue weighted by molar-refractivity contribution is 6.01. The van der Waals surface area contributed by atoms with E-state index in [1.807, 2.05) is 0 Å². The van der Waals surface area contributed by atoms with Gasteiger partial charge in [-0.1, -0.05) is 0 Å². The summed E-state index contributed by atoms with van der Waals surface area (Å²) in [4.78, 5) is 22.4. The molecule has 1 aromatic carbocycles. The maximum atomic E-state index is 11.6. The van der Waals surface area contributed by atoms with E-state index < -0.39 is 11.5 Å². The molecule has 1 amide bonds. The standard InChI is InChI=1S/C11H12N2O4/c12-11(3-4-11)10(17)13-6-1-2-8(14)7(5-6)9(15)16/h1-2,5,14H,3-4,12H2,(H,13,17)(H,15,16). The summed E-state index contributed by atoms with van der Waals surface area (Å²) in [6.07, 6.45) is 1.26. The molecule has 0 heterocycles. The minimum Gasteiger partial charge on any atom is -0.507 e. The first-order chi connectivity index (χ1) is 7.92. The number of hydrogen-bond acceptors (Lipinski definition) is 4. The van der Waals surface area contributed by atoms with Crippen molar-refractivity contribution in [3.63, 3.8) is 0 Å². The highest BCUT2D eigenvalue weighted by Gasteiger charge is 2.45. The van der Waals surface area contributed by atoms with Gasteiger partial charge in [-0.2, -0.15) is 0 Å². The summed E-state index contributed by atoms with van der Waals surface area (Å²) in [7, 11) is 0. The zero-order valence-corrected chi connectivity index (χ0v) is 8.93. The topological polar surface area (TPSA) is 113 Å². The molecule has 17 heavy (non-hydrogen) atoms. The molecule has 0 aliphatic heterocycles. The lowest BCUT2D eigenvalue weighted by atomic mass is 10.1. The van der Waals surface area contributed by atoms with E-state index in [1.165, 1.54) is 18.2 Å². The molecule has 0 spiro atoms. The first-order valence-corrected chi connectivity index (χ1v) is 5.09. The van der Waals surface area contributed by atoms with Crippen molar-refractivity contribution in [2.75, 3.05) is 5.32 Å². The van der Waals surface area contributed by atoms with Gasteiger partial charge in [-0.25, -0.2) is 4.79 Å². The molecule has 0 aromatic heterocycles. The first kappa shape index (κ1) is 11.4. The Morgan fingerprint density at radius 3 is 2.53 bits per heavy atom. The molecule has 1 fully saturated rings. The number of nitrogens with one attached hydrogen (secondary N) is 1. The fourth-order valence-electron chi connectivity index (χ4n) is 1.40. The molecule has 5 N–H and O–H groups in total. The third-order valence-electron chi connectivity index (χ3n) is 2.73. The van der Waals surface area contributed by atoms with Crippen molar-refractivity contribution in [3.05, 3.63) is 23.8 Å². The summed E-state index contributed by atoms with van der Waals surface area (Å²) >= 11 is 0. The van der Waals surface area contributed by atoms with E-state index in [2.05, 4.69) is 5.32 Å². The lowest BCUT2D eigenvalue weighted by molar-refractivity contribution is -0.118. The third kappa shape index (κ3) is 2.21. The van der Waals surface area contributed by atoms with Gasteiger partial charge in [0.25, 0.3) is 0 Å². The quantitative estimate of drug-likeness (QED) is 0.571. The van der Waals surface area contributed by atoms with Gasteiger partial charge in [0.05, 0.1) is 5.54 Å². The van der Waals surface area contributed by atoms with Crippen molar-refractivity contribution in [2.45, 2.75) is 18.4 Å². The summed E-state index contributed by atoms with van der Waals surface area (Å²) in [6.45, 7) is 0. The number of phenols is 1. The maximum absolute atomic E-state index is 11.6. The van der Waals surface area contributed by atoms with Crippen molar-refractivity contribution in [1.29, 1.82) is 0 Å². The molecule has 0 radical (unpaired) electrons. The second kappa shape index (κ2) is 3.74. The highest BCUT2D eigenvalue weighted by Crippen LogP contribution is 2.33. The Morgan fingerprint density at radius 1 is 1.35 bits per heavy atom. The van der Waals surface area contributed by atoms with Gasteiger partial charge in [0.15, 0.2) is 0 Å². The lowest BCUT2D eigenvalue weighted by Crippen LogP contribution is -2.37. The van der Waals surface area contributed by atoms with Crippen LogP contribution in [0.2, 0.25) is 0 Å². The van der Waals surface area contributed by atoms with Crippen molar-refractivity contribution in [2.24, 2.45) is 5.73 Å². The summed E-state index contributed by atoms with van der Waals surface area (Å²) in [5.74, 6) is -1.93. The summed E-state index contributed by atoms with van der Waals surface area (Å²) in [5.41, 5.74) is 4.92. The molecule has 1 saturated carbocycles. The van der Waals surface area contributed by atoms with Gasteiger partial charge in [0.1, 0.15) is 11.3 Å². The SMILES string of the molecule is NC1(C(=O)Nc2ccc(O)c(C(=O)O)c2)CC1. The van der Waals surface area contributed by atoms with Crippen LogP contribution in [0.1, 0.15) is 23.2 Å². The number of hydrogen-bond donors (Lipinski definition) is 4. The van der Waals surface area contributed by atoms with Crippen LogP contribution in [0.15, 0.2) is 18.2 Å². The van der Waals surface area contributed by atoms with Crippen LogP contribution in [0, 0.1) is 0 Å². The normalized spacial score (nSPS) is 16.3. The van der Waals surface area contributed by atoms with E-state index in [-0.39, 0.29) is 17.2 Å². The summed E-state index contributed by atoms with van der Waals surface area (Å²) in [6, 6.07) is 3.84. The Kier molecular flexibility index (Phi) is 2.51. The van der Waals surface area contributed by atoms with E-state index >= 15 is 0 Å². The van der Waals surface area contributed by atoms with Gasteiger partial charge >= 0.3 is 5.97 Å². The van der Waals surface area contributed by atoms with Crippen LogP contribution in [0.3, 0.4) is 0 Å². The number of benzene rings is 1. The van der Waals surface area contributed by atoms with E-state index in [9.17, 15) is 14.7 Å². The molecule has 6 heteroatoms. The molecule has 0 saturated heterocycles. The van der Waals surface area contributed by atoms with Crippen molar-refractivity contribution >= 4 is 17.6 Å². The fraction of sp³-hybridized carbons (Fsp3) is 0.273. The van der Waals surface area contributed by atoms with Crippen molar-refractivity contribution in [3.8, 4) is 5.75 Å². The van der Waals surface area contributed by atoms with Crippen LogP contribution in [-0.2, 0) is 4.79 Å². The maximum Gasteiger partial charge on any atom is 0.339 e. The largest absolute Gasteiger partial charge is 0.507 e. The Morgan fingerprint density at radius 2 is 2.00 bits per heavy atom. The molecule has 0 atom stereocenters. The lowest BCUT2D eigenvalue weighted by Gasteiger charge is -2.10. The number of carboxylic acid groups (broad SMARTS) is 1. The predicted molar refractivity (Wildman–Crippen MR) is 59.8 cm³/mol. The number of nitrogens with two attached hydrogens (primary N) is 1. The number of carbonyl (C=O) groups excluding carboxylic acids is 1. The Hall–Kier alpha value is -2.08. The molecule has 0 unspecified atom stereocenters. The molecule has 6 nitrogen and oxygen atoms in total. The molecule has 1 aliphatic carbocycles. The van der Waals surface area contributed by atoms with Crippen LogP contribution in [0.25, 0.3) is 0 Å². The minimum absolute atomic E-state index is 0.260. The number of carbonyl (C=O) groups is 2. The fourth-order valence-corrected chi connectivity index (χ4v) is 1.40. The molecule has 90 valence electrons. The van der Waals surface area contributed by atoms with Crippen LogP contribution < -0.4 is 11.1 Å². The molecular formula is C11H12N2O4. The molecule has 2 rings (SSSR count). The molecule has 1 aliphatic rings. The number of rotatable bonds is 3. The average molecular weight is 236 g/mol.